The van der Waals surface area contributed by atoms with Crippen molar-refractivity contribution in [1.82, 2.24) is 0 Å². The van der Waals surface area contributed by atoms with Crippen molar-refractivity contribution in [3.63, 3.8) is 0 Å². The molecular weight excluding hydrogens is 360 g/mol. The number of unbranched alkanes of at least 4 members (excludes halogenated alkanes) is 7. The predicted molar refractivity (Wildman–Crippen MR) is 125 cm³/mol. The maximum absolute atomic E-state index is 12.0. The van der Waals surface area contributed by atoms with Crippen molar-refractivity contribution >= 4 is 5.97 Å². The highest BCUT2D eigenvalue weighted by atomic mass is 16.6. The predicted octanol–water partition coefficient (Wildman–Crippen LogP) is 7.71. The highest BCUT2D eigenvalue weighted by Crippen LogP contribution is 2.17. The molecule has 168 valence electrons. The molecule has 0 aliphatic rings. The summed E-state index contributed by atoms with van der Waals surface area (Å²) in [5, 5.41) is 0. The highest BCUT2D eigenvalue weighted by molar-refractivity contribution is 5.69. The summed E-state index contributed by atoms with van der Waals surface area (Å²) < 4.78 is 11.1. The molecule has 0 aromatic rings. The normalized spacial score (nSPS) is 12.8. The van der Waals surface area contributed by atoms with Gasteiger partial charge in [-0.05, 0) is 53.4 Å². The first-order valence-electron chi connectivity index (χ1n) is 11.7. The molecule has 0 aliphatic heterocycles. The molecule has 0 fully saturated rings. The van der Waals surface area contributed by atoms with Crippen molar-refractivity contribution < 1.29 is 14.3 Å². The monoisotopic (exact) mass is 406 g/mol. The summed E-state index contributed by atoms with van der Waals surface area (Å²) in [6, 6.07) is 0. The second kappa shape index (κ2) is 18.7. The summed E-state index contributed by atoms with van der Waals surface area (Å²) in [5.74, 6) is -0.0852. The van der Waals surface area contributed by atoms with Gasteiger partial charge in [-0.15, -0.1) is 0 Å². The van der Waals surface area contributed by atoms with Crippen molar-refractivity contribution in [2.24, 2.45) is 0 Å². The van der Waals surface area contributed by atoms with Crippen LogP contribution in [-0.2, 0) is 14.3 Å². The Labute approximate surface area is 180 Å². The zero-order chi connectivity index (χ0) is 21.8. The van der Waals surface area contributed by atoms with E-state index >= 15 is 0 Å². The van der Waals surface area contributed by atoms with Crippen LogP contribution < -0.4 is 0 Å². The van der Waals surface area contributed by atoms with Gasteiger partial charge in [-0.2, -0.15) is 0 Å². The van der Waals surface area contributed by atoms with Gasteiger partial charge < -0.3 is 9.47 Å². The Morgan fingerprint density at radius 1 is 0.862 bits per heavy atom. The van der Waals surface area contributed by atoms with Crippen LogP contribution in [0.15, 0.2) is 36.5 Å². The number of hydrogen-bond donors (Lipinski definition) is 0. The molecule has 3 heteroatoms. The second-order valence-electron chi connectivity index (χ2n) is 8.59. The minimum Gasteiger partial charge on any atom is -0.460 e. The van der Waals surface area contributed by atoms with Crippen LogP contribution in [0.4, 0.5) is 0 Å². The number of ether oxygens (including phenoxy) is 2. The zero-order valence-electron chi connectivity index (χ0n) is 19.8. The van der Waals surface area contributed by atoms with E-state index in [1.165, 1.54) is 38.5 Å². The second-order valence-corrected chi connectivity index (χ2v) is 8.59. The number of rotatable bonds is 18. The number of esters is 1. The first kappa shape index (κ1) is 27.6. The smallest absolute Gasteiger partial charge is 0.306 e. The van der Waals surface area contributed by atoms with Gasteiger partial charge in [0.1, 0.15) is 5.60 Å². The van der Waals surface area contributed by atoms with Crippen LogP contribution in [0.3, 0.4) is 0 Å². The lowest BCUT2D eigenvalue weighted by molar-refractivity contribution is -0.158. The topological polar surface area (TPSA) is 35.5 Å². The molecule has 0 saturated carbocycles. The molecule has 0 heterocycles. The van der Waals surface area contributed by atoms with Crippen LogP contribution in [0.1, 0.15) is 105 Å². The van der Waals surface area contributed by atoms with Gasteiger partial charge in [0.05, 0.1) is 12.7 Å². The Kier molecular flexibility index (Phi) is 17.8. The van der Waals surface area contributed by atoms with Gasteiger partial charge in [0.15, 0.2) is 0 Å². The van der Waals surface area contributed by atoms with Gasteiger partial charge >= 0.3 is 5.97 Å². The van der Waals surface area contributed by atoms with Crippen molar-refractivity contribution in [3.8, 4) is 0 Å². The summed E-state index contributed by atoms with van der Waals surface area (Å²) in [7, 11) is 0. The van der Waals surface area contributed by atoms with E-state index < -0.39 is 5.60 Å². The Bertz CT molecular complexity index is 472. The number of hydrogen-bond acceptors (Lipinski definition) is 3. The lowest BCUT2D eigenvalue weighted by atomic mass is 10.1. The van der Waals surface area contributed by atoms with Crippen LogP contribution in [0.5, 0.6) is 0 Å². The maximum atomic E-state index is 12.0. The van der Waals surface area contributed by atoms with Gasteiger partial charge in [0, 0.05) is 12.8 Å². The SMILES string of the molecule is CCCC/C=C/C=C/C=C\CCCCCCCC(=O)OC(C)(C)CCOC(C)C. The van der Waals surface area contributed by atoms with E-state index in [2.05, 4.69) is 43.4 Å². The molecule has 0 unspecified atom stereocenters. The van der Waals surface area contributed by atoms with Crippen molar-refractivity contribution in [2.45, 2.75) is 117 Å². The first-order valence-corrected chi connectivity index (χ1v) is 11.7. The Hall–Kier alpha value is -1.35. The highest BCUT2D eigenvalue weighted by Gasteiger charge is 2.22. The van der Waals surface area contributed by atoms with E-state index in [1.54, 1.807) is 0 Å². The summed E-state index contributed by atoms with van der Waals surface area (Å²) in [5.41, 5.74) is -0.446. The number of carbonyl (C=O) groups is 1. The molecule has 0 amide bonds. The largest absolute Gasteiger partial charge is 0.460 e. The van der Waals surface area contributed by atoms with Crippen molar-refractivity contribution in [2.75, 3.05) is 6.61 Å². The average Bonchev–Trinajstić information content (AvgIpc) is 2.64. The molecule has 0 atom stereocenters. The fourth-order valence-corrected chi connectivity index (χ4v) is 2.81. The maximum Gasteiger partial charge on any atom is 0.306 e. The van der Waals surface area contributed by atoms with E-state index in [4.69, 9.17) is 9.47 Å². The molecule has 29 heavy (non-hydrogen) atoms. The van der Waals surface area contributed by atoms with Crippen molar-refractivity contribution in [1.29, 1.82) is 0 Å². The number of allylic oxidation sites excluding steroid dienone is 6. The van der Waals surface area contributed by atoms with E-state index in [1.807, 2.05) is 27.7 Å². The standard InChI is InChI=1S/C26H46O3/c1-6-7-8-9-10-11-12-13-14-15-16-17-18-19-20-21-25(27)29-26(4,5)22-23-28-24(2)3/h9-14,24H,6-8,15-23H2,1-5H3/b10-9+,12-11+,14-13-. The summed E-state index contributed by atoms with van der Waals surface area (Å²) >= 11 is 0. The van der Waals surface area contributed by atoms with Crippen molar-refractivity contribution in [3.05, 3.63) is 36.5 Å². The Balaban J connectivity index is 3.59. The molecule has 0 rings (SSSR count). The van der Waals surface area contributed by atoms with Gasteiger partial charge in [-0.1, -0.05) is 75.5 Å². The van der Waals surface area contributed by atoms with Gasteiger partial charge in [-0.25, -0.2) is 0 Å². The minimum absolute atomic E-state index is 0.0852. The minimum atomic E-state index is -0.446. The van der Waals surface area contributed by atoms with Gasteiger partial charge in [-0.3, -0.25) is 4.79 Å². The van der Waals surface area contributed by atoms with Crippen LogP contribution in [-0.4, -0.2) is 24.3 Å². The molecule has 0 spiro atoms. The molecule has 0 N–H and O–H groups in total. The molecule has 0 bridgehead atoms. The van der Waals surface area contributed by atoms with Gasteiger partial charge in [0.2, 0.25) is 0 Å². The average molecular weight is 407 g/mol. The lowest BCUT2D eigenvalue weighted by Crippen LogP contribution is -2.30. The third-order valence-electron chi connectivity index (χ3n) is 4.63. The summed E-state index contributed by atoms with van der Waals surface area (Å²) in [6.45, 7) is 10.8. The van der Waals surface area contributed by atoms with E-state index in [-0.39, 0.29) is 12.1 Å². The Morgan fingerprint density at radius 2 is 1.45 bits per heavy atom. The van der Waals surface area contributed by atoms with E-state index in [0.717, 1.165) is 25.7 Å². The van der Waals surface area contributed by atoms with Crippen LogP contribution in [0.2, 0.25) is 0 Å². The first-order chi connectivity index (χ1) is 13.9. The van der Waals surface area contributed by atoms with Crippen LogP contribution in [0, 0.1) is 0 Å². The third kappa shape index (κ3) is 21.2. The fourth-order valence-electron chi connectivity index (χ4n) is 2.81. The molecule has 0 aliphatic carbocycles. The Morgan fingerprint density at radius 3 is 2.07 bits per heavy atom. The zero-order valence-corrected chi connectivity index (χ0v) is 19.8. The summed E-state index contributed by atoms with van der Waals surface area (Å²) in [6.07, 6.45) is 24.8. The molecule has 3 nitrogen and oxygen atoms in total. The van der Waals surface area contributed by atoms with Gasteiger partial charge in [0.25, 0.3) is 0 Å². The molecular formula is C26H46O3. The number of carbonyl (C=O) groups excluding carboxylic acids is 1. The van der Waals surface area contributed by atoms with E-state index in [0.29, 0.717) is 13.0 Å². The lowest BCUT2D eigenvalue weighted by Gasteiger charge is -2.25. The van der Waals surface area contributed by atoms with Crippen LogP contribution in [0.25, 0.3) is 0 Å². The molecule has 0 saturated heterocycles. The van der Waals surface area contributed by atoms with Crippen LogP contribution >= 0.6 is 0 Å². The quantitative estimate of drug-likeness (QED) is 0.133. The fraction of sp³-hybridized carbons (Fsp3) is 0.731. The molecule has 0 aromatic carbocycles. The molecule has 0 aromatic heterocycles. The van der Waals surface area contributed by atoms with E-state index in [9.17, 15) is 4.79 Å². The molecule has 0 radical (unpaired) electrons. The third-order valence-corrected chi connectivity index (χ3v) is 4.63. The summed E-state index contributed by atoms with van der Waals surface area (Å²) in [4.78, 5) is 12.0.